The summed E-state index contributed by atoms with van der Waals surface area (Å²) in [5, 5.41) is 3.94. The Bertz CT molecular complexity index is 1350. The van der Waals surface area contributed by atoms with Crippen LogP contribution in [-0.4, -0.2) is 48.0 Å². The largest absolute Gasteiger partial charge is 0.470 e. The van der Waals surface area contributed by atoms with Crippen molar-refractivity contribution in [3.8, 4) is 5.88 Å². The minimum atomic E-state index is -3.89. The zero-order valence-electron chi connectivity index (χ0n) is 21.5. The van der Waals surface area contributed by atoms with Gasteiger partial charge in [0.1, 0.15) is 5.76 Å². The van der Waals surface area contributed by atoms with E-state index in [2.05, 4.69) is 24.7 Å². The first-order chi connectivity index (χ1) is 17.3. The first-order valence-electron chi connectivity index (χ1n) is 11.9. The van der Waals surface area contributed by atoms with E-state index >= 15 is 0 Å². The zero-order valence-corrected chi connectivity index (χ0v) is 22.3. The van der Waals surface area contributed by atoms with Gasteiger partial charge in [0.05, 0.1) is 29.0 Å². The maximum atomic E-state index is 13.2. The van der Waals surface area contributed by atoms with Crippen molar-refractivity contribution in [1.29, 1.82) is 0 Å². The molecule has 0 amide bonds. The van der Waals surface area contributed by atoms with Crippen molar-refractivity contribution in [3.63, 3.8) is 0 Å². The minimum absolute atomic E-state index is 0.0413. The molecule has 2 aromatic heterocycles. The number of sulfonamides is 1. The Balaban J connectivity index is 1.49. The van der Waals surface area contributed by atoms with Crippen LogP contribution in [0, 0.1) is 6.92 Å². The lowest BCUT2D eigenvalue weighted by atomic mass is 9.91. The Hall–Kier alpha value is -3.12. The molecule has 4 rings (SSSR count). The fourth-order valence-electron chi connectivity index (χ4n) is 4.32. The van der Waals surface area contributed by atoms with Gasteiger partial charge in [-0.25, -0.2) is 22.2 Å². The molecule has 0 aliphatic carbocycles. The summed E-state index contributed by atoms with van der Waals surface area (Å²) in [7, 11) is -3.89. The third-order valence-electron chi connectivity index (χ3n) is 6.35. The molecule has 1 aliphatic rings. The van der Waals surface area contributed by atoms with Crippen LogP contribution in [-0.2, 0) is 28.4 Å². The standard InChI is InChI=1S/C25H31F2N5O4S/c1-15-23(25(3,4)5)36-30-24(15)31-37(33,34)19-7-6-17-8-9-32(13-18(17)10-19)16(2)20-11-29-22(12-28-20)35-14-21(26)27/h6-7,10-12,16,21H,8-9,13-14H2,1-5H3,(H,30,31)/t16-/m1/s1. The molecule has 37 heavy (non-hydrogen) atoms. The molecule has 0 spiro atoms. The molecule has 1 atom stereocenters. The van der Waals surface area contributed by atoms with Gasteiger partial charge in [0.2, 0.25) is 5.88 Å². The van der Waals surface area contributed by atoms with E-state index < -0.39 is 23.1 Å². The molecule has 1 aromatic carbocycles. The van der Waals surface area contributed by atoms with E-state index in [1.54, 1.807) is 19.1 Å². The van der Waals surface area contributed by atoms with Crippen LogP contribution >= 0.6 is 0 Å². The molecule has 1 N–H and O–H groups in total. The third kappa shape index (κ3) is 6.07. The van der Waals surface area contributed by atoms with Crippen LogP contribution in [0.5, 0.6) is 5.88 Å². The first kappa shape index (κ1) is 26.9. The van der Waals surface area contributed by atoms with Gasteiger partial charge in [-0.15, -0.1) is 0 Å². The maximum absolute atomic E-state index is 13.2. The average molecular weight is 536 g/mol. The minimum Gasteiger partial charge on any atom is -0.470 e. The summed E-state index contributed by atoms with van der Waals surface area (Å²) < 4.78 is 63.9. The fraction of sp³-hybridized carbons (Fsp3) is 0.480. The second-order valence-electron chi connectivity index (χ2n) is 10.1. The summed E-state index contributed by atoms with van der Waals surface area (Å²) in [6.45, 7) is 10.2. The number of rotatable bonds is 8. The molecule has 3 aromatic rings. The summed E-state index contributed by atoms with van der Waals surface area (Å²) >= 11 is 0. The van der Waals surface area contributed by atoms with Gasteiger partial charge in [-0.05, 0) is 43.5 Å². The van der Waals surface area contributed by atoms with Crippen LogP contribution in [0.15, 0.2) is 40.0 Å². The predicted molar refractivity (Wildman–Crippen MR) is 133 cm³/mol. The molecule has 0 fully saturated rings. The molecule has 12 heteroatoms. The lowest BCUT2D eigenvalue weighted by Gasteiger charge is -2.33. The van der Waals surface area contributed by atoms with Crippen molar-refractivity contribution in [2.45, 2.75) is 70.4 Å². The number of aromatic nitrogens is 3. The highest BCUT2D eigenvalue weighted by Gasteiger charge is 2.28. The summed E-state index contributed by atoms with van der Waals surface area (Å²) in [6, 6.07) is 5.00. The Morgan fingerprint density at radius 1 is 1.19 bits per heavy atom. The SMILES string of the molecule is Cc1c(NS(=O)(=O)c2ccc3c(c2)CN([C@H](C)c2cnc(OCC(F)F)cn2)CC3)noc1C(C)(C)C. The Morgan fingerprint density at radius 2 is 1.95 bits per heavy atom. The Labute approximate surface area is 215 Å². The molecular formula is C25H31F2N5O4S. The highest BCUT2D eigenvalue weighted by molar-refractivity contribution is 7.92. The van der Waals surface area contributed by atoms with Crippen molar-refractivity contribution in [2.24, 2.45) is 0 Å². The second-order valence-corrected chi connectivity index (χ2v) is 11.8. The van der Waals surface area contributed by atoms with Crippen LogP contribution in [0.2, 0.25) is 0 Å². The van der Waals surface area contributed by atoms with E-state index in [1.807, 2.05) is 33.8 Å². The fourth-order valence-corrected chi connectivity index (χ4v) is 5.43. The van der Waals surface area contributed by atoms with E-state index in [1.165, 1.54) is 12.4 Å². The number of hydrogen-bond donors (Lipinski definition) is 1. The number of nitrogens with zero attached hydrogens (tertiary/aromatic N) is 4. The van der Waals surface area contributed by atoms with Crippen molar-refractivity contribution < 1.29 is 26.5 Å². The highest BCUT2D eigenvalue weighted by Crippen LogP contribution is 2.32. The smallest absolute Gasteiger partial charge is 0.272 e. The molecule has 200 valence electrons. The van der Waals surface area contributed by atoms with Crippen molar-refractivity contribution in [1.82, 2.24) is 20.0 Å². The molecule has 9 nitrogen and oxygen atoms in total. The van der Waals surface area contributed by atoms with Gasteiger partial charge in [-0.3, -0.25) is 14.6 Å². The molecule has 0 saturated heterocycles. The van der Waals surface area contributed by atoms with E-state index in [4.69, 9.17) is 9.26 Å². The van der Waals surface area contributed by atoms with Crippen LogP contribution in [0.1, 0.15) is 61.9 Å². The van der Waals surface area contributed by atoms with E-state index in [0.29, 0.717) is 23.6 Å². The van der Waals surface area contributed by atoms with E-state index in [-0.39, 0.29) is 28.1 Å². The van der Waals surface area contributed by atoms with E-state index in [0.717, 1.165) is 24.1 Å². The zero-order chi connectivity index (χ0) is 27.0. The van der Waals surface area contributed by atoms with Crippen LogP contribution < -0.4 is 9.46 Å². The molecule has 0 unspecified atom stereocenters. The van der Waals surface area contributed by atoms with Gasteiger partial charge in [0, 0.05) is 24.1 Å². The number of ether oxygens (including phenoxy) is 1. The lowest BCUT2D eigenvalue weighted by molar-refractivity contribution is 0.0792. The highest BCUT2D eigenvalue weighted by atomic mass is 32.2. The molecule has 3 heterocycles. The van der Waals surface area contributed by atoms with E-state index in [9.17, 15) is 17.2 Å². The number of nitrogens with one attached hydrogen (secondary N) is 1. The normalized spacial score (nSPS) is 15.5. The third-order valence-corrected chi connectivity index (χ3v) is 7.68. The van der Waals surface area contributed by atoms with Crippen molar-refractivity contribution >= 4 is 15.8 Å². The number of halogens is 2. The topological polar surface area (TPSA) is 110 Å². The predicted octanol–water partition coefficient (Wildman–Crippen LogP) is 4.63. The second kappa shape index (κ2) is 10.3. The van der Waals surface area contributed by atoms with Gasteiger partial charge in [0.25, 0.3) is 16.4 Å². The van der Waals surface area contributed by atoms with Crippen LogP contribution in [0.4, 0.5) is 14.6 Å². The van der Waals surface area contributed by atoms with Crippen LogP contribution in [0.3, 0.4) is 0 Å². The van der Waals surface area contributed by atoms with Gasteiger partial charge in [-0.2, -0.15) is 0 Å². The Kier molecular flexibility index (Phi) is 7.52. The molecule has 0 saturated carbocycles. The number of alkyl halides is 2. The Morgan fingerprint density at radius 3 is 2.57 bits per heavy atom. The molecule has 1 aliphatic heterocycles. The monoisotopic (exact) mass is 535 g/mol. The first-order valence-corrected chi connectivity index (χ1v) is 13.4. The number of fused-ring (bicyclic) bond motifs is 1. The molecule has 0 bridgehead atoms. The number of anilines is 1. The van der Waals surface area contributed by atoms with Gasteiger partial charge in [-0.1, -0.05) is 32.0 Å². The number of hydrogen-bond acceptors (Lipinski definition) is 8. The quantitative estimate of drug-likeness (QED) is 0.444. The van der Waals surface area contributed by atoms with Crippen molar-refractivity contribution in [2.75, 3.05) is 17.9 Å². The molecule has 0 radical (unpaired) electrons. The van der Waals surface area contributed by atoms with Crippen molar-refractivity contribution in [3.05, 3.63) is 58.7 Å². The average Bonchev–Trinajstić information content (AvgIpc) is 3.21. The van der Waals surface area contributed by atoms with Gasteiger partial charge < -0.3 is 9.26 Å². The van der Waals surface area contributed by atoms with Crippen LogP contribution in [0.25, 0.3) is 0 Å². The lowest BCUT2D eigenvalue weighted by Crippen LogP contribution is -2.33. The summed E-state index contributed by atoms with van der Waals surface area (Å²) in [5.41, 5.74) is 2.99. The number of benzene rings is 1. The molecular weight excluding hydrogens is 504 g/mol. The summed E-state index contributed by atoms with van der Waals surface area (Å²) in [4.78, 5) is 10.7. The van der Waals surface area contributed by atoms with Gasteiger partial charge >= 0.3 is 0 Å². The van der Waals surface area contributed by atoms with Gasteiger partial charge in [0.15, 0.2) is 12.4 Å². The summed E-state index contributed by atoms with van der Waals surface area (Å²) in [5.74, 6) is 0.842. The maximum Gasteiger partial charge on any atom is 0.272 e. The summed E-state index contributed by atoms with van der Waals surface area (Å²) in [6.07, 6.45) is 1.00.